The van der Waals surface area contributed by atoms with E-state index < -0.39 is 16.1 Å². The van der Waals surface area contributed by atoms with Gasteiger partial charge in [-0.2, -0.15) is 0 Å². The fourth-order valence-corrected chi connectivity index (χ4v) is 6.86. The molecule has 250 valence electrons. The predicted octanol–water partition coefficient (Wildman–Crippen LogP) is 4.75. The number of methoxy groups -OCH3 is 1. The number of fused-ring (bicyclic) bond motifs is 1. The summed E-state index contributed by atoms with van der Waals surface area (Å²) in [7, 11) is -1.98. The van der Waals surface area contributed by atoms with Gasteiger partial charge in [0.25, 0.3) is 0 Å². The molecular formula is C37H39N3O7S. The highest BCUT2D eigenvalue weighted by Gasteiger charge is 2.31. The summed E-state index contributed by atoms with van der Waals surface area (Å²) >= 11 is 0. The van der Waals surface area contributed by atoms with E-state index in [9.17, 15) is 18.0 Å². The number of aryl methyl sites for hydroxylation is 1. The molecule has 1 saturated carbocycles. The van der Waals surface area contributed by atoms with Gasteiger partial charge in [0, 0.05) is 32.0 Å². The number of hydrogen-bond acceptors (Lipinski definition) is 7. The van der Waals surface area contributed by atoms with Crippen LogP contribution in [0.5, 0.6) is 17.2 Å². The first-order chi connectivity index (χ1) is 23.3. The summed E-state index contributed by atoms with van der Waals surface area (Å²) in [4.78, 5) is 30.0. The maximum Gasteiger partial charge on any atom is 0.243 e. The molecule has 6 rings (SSSR count). The van der Waals surface area contributed by atoms with Crippen LogP contribution in [0.3, 0.4) is 0 Å². The molecule has 0 spiro atoms. The topological polar surface area (TPSA) is 123 Å². The van der Waals surface area contributed by atoms with Crippen molar-refractivity contribution < 1.29 is 32.2 Å². The molecule has 0 aromatic heterocycles. The Morgan fingerprint density at radius 3 is 2.25 bits per heavy atom. The fourth-order valence-electron chi connectivity index (χ4n) is 5.56. The number of hydrogen-bond donors (Lipinski definition) is 2. The van der Waals surface area contributed by atoms with Crippen molar-refractivity contribution in [2.75, 3.05) is 13.9 Å². The number of nitrogens with zero attached hydrogens (tertiary/aromatic N) is 1. The molecule has 1 aliphatic carbocycles. The average molecular weight is 670 g/mol. The number of carbonyl (C=O) groups is 2. The molecule has 4 aromatic rings. The predicted molar refractivity (Wildman–Crippen MR) is 180 cm³/mol. The molecule has 1 aliphatic heterocycles. The van der Waals surface area contributed by atoms with Crippen molar-refractivity contribution in [2.24, 2.45) is 0 Å². The summed E-state index contributed by atoms with van der Waals surface area (Å²) in [6.07, 6.45) is 2.53. The second kappa shape index (κ2) is 14.9. The maximum absolute atomic E-state index is 14.1. The van der Waals surface area contributed by atoms with E-state index in [1.54, 1.807) is 36.3 Å². The van der Waals surface area contributed by atoms with Crippen LogP contribution in [-0.4, -0.2) is 51.1 Å². The number of carbonyl (C=O) groups excluding carboxylic acids is 2. The first kappa shape index (κ1) is 33.0. The summed E-state index contributed by atoms with van der Waals surface area (Å²) in [5.41, 5.74) is 3.44. The molecule has 1 heterocycles. The van der Waals surface area contributed by atoms with E-state index in [4.69, 9.17) is 14.2 Å². The van der Waals surface area contributed by atoms with Gasteiger partial charge in [0.1, 0.15) is 11.8 Å². The summed E-state index contributed by atoms with van der Waals surface area (Å²) < 4.78 is 44.2. The fraction of sp³-hybridized carbons (Fsp3) is 0.297. The first-order valence-corrected chi connectivity index (χ1v) is 17.5. The Hall–Kier alpha value is -4.87. The minimum atomic E-state index is -3.57. The number of rotatable bonds is 15. The van der Waals surface area contributed by atoms with E-state index >= 15 is 0 Å². The van der Waals surface area contributed by atoms with Crippen molar-refractivity contribution in [3.63, 3.8) is 0 Å². The quantitative estimate of drug-likeness (QED) is 0.187. The van der Waals surface area contributed by atoms with E-state index in [-0.39, 0.29) is 49.1 Å². The summed E-state index contributed by atoms with van der Waals surface area (Å²) in [6.45, 7) is 0.617. The van der Waals surface area contributed by atoms with Crippen LogP contribution in [-0.2, 0) is 45.5 Å². The standard InChI is InChI=1S/C37H39N3O7S/c1-45-31-15-7-28(8-16-31)24-40(36(41)20-12-26-9-17-32(18-10-26)48(43,44)39-30-13-14-30)33(21-27-5-3-2-4-6-27)37(42)38-23-29-11-19-34-35(22-29)47-25-46-34/h2-11,15-19,22,30,33,39H,12-14,20-21,23-25H2,1H3,(H,38,42). The van der Waals surface area contributed by atoms with Crippen LogP contribution in [0.2, 0.25) is 0 Å². The summed E-state index contributed by atoms with van der Waals surface area (Å²) in [6, 6.07) is 28.4. The molecule has 2 amide bonds. The zero-order valence-electron chi connectivity index (χ0n) is 26.8. The minimum Gasteiger partial charge on any atom is -0.497 e. The Bertz CT molecular complexity index is 1830. The van der Waals surface area contributed by atoms with Crippen LogP contribution in [0.4, 0.5) is 0 Å². The van der Waals surface area contributed by atoms with Gasteiger partial charge in [-0.1, -0.05) is 60.7 Å². The van der Waals surface area contributed by atoms with Gasteiger partial charge in [0.05, 0.1) is 12.0 Å². The highest BCUT2D eigenvalue weighted by molar-refractivity contribution is 7.89. The third kappa shape index (κ3) is 8.53. The Labute approximate surface area is 281 Å². The average Bonchev–Trinajstić information content (AvgIpc) is 3.79. The lowest BCUT2D eigenvalue weighted by Crippen LogP contribution is -2.50. The molecule has 1 unspecified atom stereocenters. The van der Waals surface area contributed by atoms with Crippen molar-refractivity contribution in [2.45, 2.75) is 62.2 Å². The van der Waals surface area contributed by atoms with Gasteiger partial charge < -0.3 is 24.4 Å². The number of nitrogens with one attached hydrogen (secondary N) is 2. The van der Waals surface area contributed by atoms with Crippen molar-refractivity contribution in [3.05, 3.63) is 119 Å². The highest BCUT2D eigenvalue weighted by Crippen LogP contribution is 2.32. The van der Waals surface area contributed by atoms with Gasteiger partial charge in [-0.15, -0.1) is 0 Å². The number of amides is 2. The van der Waals surface area contributed by atoms with Gasteiger partial charge in [-0.05, 0) is 77.9 Å². The van der Waals surface area contributed by atoms with Crippen LogP contribution in [0.15, 0.2) is 102 Å². The maximum atomic E-state index is 14.1. The molecule has 1 fully saturated rings. The van der Waals surface area contributed by atoms with Crippen LogP contribution in [0.1, 0.15) is 41.5 Å². The van der Waals surface area contributed by atoms with Crippen LogP contribution in [0, 0.1) is 0 Å². The van der Waals surface area contributed by atoms with E-state index in [0.717, 1.165) is 35.1 Å². The normalized spacial score (nSPS) is 14.3. The smallest absolute Gasteiger partial charge is 0.243 e. The lowest BCUT2D eigenvalue weighted by molar-refractivity contribution is -0.141. The molecule has 0 saturated heterocycles. The molecule has 48 heavy (non-hydrogen) atoms. The zero-order valence-corrected chi connectivity index (χ0v) is 27.6. The molecule has 2 aliphatic rings. The van der Waals surface area contributed by atoms with E-state index in [1.165, 1.54) is 0 Å². The largest absolute Gasteiger partial charge is 0.497 e. The van der Waals surface area contributed by atoms with E-state index in [0.29, 0.717) is 30.1 Å². The van der Waals surface area contributed by atoms with Crippen molar-refractivity contribution in [3.8, 4) is 17.2 Å². The Morgan fingerprint density at radius 1 is 0.854 bits per heavy atom. The van der Waals surface area contributed by atoms with Gasteiger partial charge in [0.2, 0.25) is 28.6 Å². The number of sulfonamides is 1. The van der Waals surface area contributed by atoms with Crippen LogP contribution in [0.25, 0.3) is 0 Å². The molecule has 2 N–H and O–H groups in total. The molecular weight excluding hydrogens is 630 g/mol. The molecule has 4 aromatic carbocycles. The second-order valence-electron chi connectivity index (χ2n) is 12.0. The number of ether oxygens (including phenoxy) is 3. The summed E-state index contributed by atoms with van der Waals surface area (Å²) in [5, 5.41) is 3.05. The van der Waals surface area contributed by atoms with Crippen LogP contribution >= 0.6 is 0 Å². The van der Waals surface area contributed by atoms with Gasteiger partial charge in [-0.3, -0.25) is 9.59 Å². The SMILES string of the molecule is COc1ccc(CN(C(=O)CCc2ccc(S(=O)(=O)NC3CC3)cc2)C(Cc2ccccc2)C(=O)NCc2ccc3c(c2)OCO3)cc1. The highest BCUT2D eigenvalue weighted by atomic mass is 32.2. The zero-order chi connectivity index (χ0) is 33.5. The Balaban J connectivity index is 1.22. The van der Waals surface area contributed by atoms with E-state index in [1.807, 2.05) is 72.8 Å². The third-order valence-corrected chi connectivity index (χ3v) is 9.98. The monoisotopic (exact) mass is 669 g/mol. The second-order valence-corrected chi connectivity index (χ2v) is 13.7. The third-order valence-electron chi connectivity index (χ3n) is 8.45. The van der Waals surface area contributed by atoms with Gasteiger partial charge in [0.15, 0.2) is 11.5 Å². The van der Waals surface area contributed by atoms with Crippen molar-refractivity contribution in [1.82, 2.24) is 14.9 Å². The lowest BCUT2D eigenvalue weighted by Gasteiger charge is -2.32. The molecule has 0 bridgehead atoms. The Kier molecular flexibility index (Phi) is 10.3. The summed E-state index contributed by atoms with van der Waals surface area (Å²) in [5.74, 6) is 1.50. The molecule has 0 radical (unpaired) electrons. The van der Waals surface area contributed by atoms with Crippen LogP contribution < -0.4 is 24.2 Å². The van der Waals surface area contributed by atoms with Crippen molar-refractivity contribution >= 4 is 21.8 Å². The van der Waals surface area contributed by atoms with E-state index in [2.05, 4.69) is 10.0 Å². The molecule has 11 heteroatoms. The van der Waals surface area contributed by atoms with Gasteiger partial charge in [-0.25, -0.2) is 13.1 Å². The minimum absolute atomic E-state index is 0.0158. The van der Waals surface area contributed by atoms with Crippen molar-refractivity contribution in [1.29, 1.82) is 0 Å². The number of benzene rings is 4. The first-order valence-electron chi connectivity index (χ1n) is 16.0. The Morgan fingerprint density at radius 2 is 1.54 bits per heavy atom. The van der Waals surface area contributed by atoms with Gasteiger partial charge >= 0.3 is 0 Å². The lowest BCUT2D eigenvalue weighted by atomic mass is 10.0. The molecule has 10 nitrogen and oxygen atoms in total. The molecule has 1 atom stereocenters.